The van der Waals surface area contributed by atoms with Gasteiger partial charge in [0.15, 0.2) is 0 Å². The highest BCUT2D eigenvalue weighted by Crippen LogP contribution is 1.88. The average molecular weight is 97.2 g/mol. The molecule has 7 heavy (non-hydrogen) atoms. The maximum atomic E-state index is 5.25. The molecule has 0 bridgehead atoms. The summed E-state index contributed by atoms with van der Waals surface area (Å²) in [6.45, 7) is 6.10. The number of nitrogens with two attached hydrogens (primary N) is 1. The molecule has 0 aliphatic heterocycles. The third-order valence-electron chi connectivity index (χ3n) is 0.869. The lowest BCUT2D eigenvalue weighted by molar-refractivity contribution is 1.18. The standard InChI is InChI=1S/C6H11N/c1-3-6(4-2)5-7/h3-4H,1,5,7H2,2H3/b6-4+. The van der Waals surface area contributed by atoms with Gasteiger partial charge in [0, 0.05) is 6.54 Å². The molecule has 1 nitrogen and oxygen atoms in total. The Morgan fingerprint density at radius 3 is 2.43 bits per heavy atom. The number of rotatable bonds is 2. The SMILES string of the molecule is C=C/C(=C\C)CN. The van der Waals surface area contributed by atoms with Gasteiger partial charge in [0.25, 0.3) is 0 Å². The van der Waals surface area contributed by atoms with Gasteiger partial charge in [-0.2, -0.15) is 0 Å². The van der Waals surface area contributed by atoms with Crippen LogP contribution in [0.3, 0.4) is 0 Å². The fourth-order valence-corrected chi connectivity index (χ4v) is 0.319. The second kappa shape index (κ2) is 3.62. The summed E-state index contributed by atoms with van der Waals surface area (Å²) in [4.78, 5) is 0. The van der Waals surface area contributed by atoms with Crippen molar-refractivity contribution in [3.8, 4) is 0 Å². The van der Waals surface area contributed by atoms with Crippen molar-refractivity contribution in [3.63, 3.8) is 0 Å². The molecule has 0 atom stereocenters. The van der Waals surface area contributed by atoms with E-state index < -0.39 is 0 Å². The van der Waals surface area contributed by atoms with Crippen molar-refractivity contribution in [3.05, 3.63) is 24.3 Å². The van der Waals surface area contributed by atoms with Gasteiger partial charge in [0.2, 0.25) is 0 Å². The summed E-state index contributed by atoms with van der Waals surface area (Å²) in [5, 5.41) is 0. The maximum absolute atomic E-state index is 5.25. The van der Waals surface area contributed by atoms with Gasteiger partial charge in [-0.1, -0.05) is 18.7 Å². The molecule has 1 heteroatoms. The Kier molecular flexibility index (Phi) is 3.33. The zero-order chi connectivity index (χ0) is 5.70. The van der Waals surface area contributed by atoms with Crippen molar-refractivity contribution in [1.29, 1.82) is 0 Å². The summed E-state index contributed by atoms with van der Waals surface area (Å²) in [7, 11) is 0. The van der Waals surface area contributed by atoms with Crippen molar-refractivity contribution in [2.75, 3.05) is 6.54 Å². The van der Waals surface area contributed by atoms with Crippen LogP contribution in [0, 0.1) is 0 Å². The summed E-state index contributed by atoms with van der Waals surface area (Å²) >= 11 is 0. The van der Waals surface area contributed by atoms with Gasteiger partial charge in [-0.15, -0.1) is 0 Å². The summed E-state index contributed by atoms with van der Waals surface area (Å²) in [6.07, 6.45) is 3.72. The van der Waals surface area contributed by atoms with E-state index in [0.29, 0.717) is 6.54 Å². The Morgan fingerprint density at radius 1 is 1.86 bits per heavy atom. The third kappa shape index (κ3) is 2.18. The van der Waals surface area contributed by atoms with Crippen LogP contribution in [0.5, 0.6) is 0 Å². The lowest BCUT2D eigenvalue weighted by Gasteiger charge is -1.88. The van der Waals surface area contributed by atoms with Crippen molar-refractivity contribution in [1.82, 2.24) is 0 Å². The molecule has 0 amide bonds. The van der Waals surface area contributed by atoms with Crippen LogP contribution < -0.4 is 5.73 Å². The fraction of sp³-hybridized carbons (Fsp3) is 0.333. The normalized spacial score (nSPS) is 11.4. The largest absolute Gasteiger partial charge is 0.327 e. The van der Waals surface area contributed by atoms with Crippen molar-refractivity contribution >= 4 is 0 Å². The Bertz CT molecular complexity index is 82.2. The van der Waals surface area contributed by atoms with E-state index in [1.165, 1.54) is 0 Å². The van der Waals surface area contributed by atoms with E-state index in [2.05, 4.69) is 6.58 Å². The molecule has 0 spiro atoms. The molecule has 2 N–H and O–H groups in total. The van der Waals surface area contributed by atoms with Gasteiger partial charge >= 0.3 is 0 Å². The molecular formula is C6H11N. The summed E-state index contributed by atoms with van der Waals surface area (Å²) < 4.78 is 0. The number of hydrogen-bond donors (Lipinski definition) is 1. The first-order valence-corrected chi connectivity index (χ1v) is 2.32. The Labute approximate surface area is 44.5 Å². The van der Waals surface area contributed by atoms with E-state index in [0.717, 1.165) is 5.57 Å². The second-order valence-electron chi connectivity index (χ2n) is 1.27. The monoisotopic (exact) mass is 97.1 g/mol. The van der Waals surface area contributed by atoms with Gasteiger partial charge in [-0.05, 0) is 12.5 Å². The highest BCUT2D eigenvalue weighted by molar-refractivity contribution is 5.15. The van der Waals surface area contributed by atoms with Crippen LogP contribution in [0.25, 0.3) is 0 Å². The molecule has 0 aromatic carbocycles. The van der Waals surface area contributed by atoms with Gasteiger partial charge in [-0.25, -0.2) is 0 Å². The van der Waals surface area contributed by atoms with E-state index >= 15 is 0 Å². The van der Waals surface area contributed by atoms with E-state index in [9.17, 15) is 0 Å². The Morgan fingerprint density at radius 2 is 2.43 bits per heavy atom. The van der Waals surface area contributed by atoms with E-state index in [1.807, 2.05) is 13.0 Å². The van der Waals surface area contributed by atoms with Crippen LogP contribution in [0.15, 0.2) is 24.3 Å². The first kappa shape index (κ1) is 6.44. The van der Waals surface area contributed by atoms with E-state index in [-0.39, 0.29) is 0 Å². The van der Waals surface area contributed by atoms with Gasteiger partial charge in [-0.3, -0.25) is 0 Å². The minimum Gasteiger partial charge on any atom is -0.327 e. The van der Waals surface area contributed by atoms with Gasteiger partial charge in [0.05, 0.1) is 0 Å². The quantitative estimate of drug-likeness (QED) is 0.512. The molecule has 0 rings (SSSR count). The molecule has 0 saturated carbocycles. The lowest BCUT2D eigenvalue weighted by atomic mass is 10.2. The van der Waals surface area contributed by atoms with E-state index in [4.69, 9.17) is 5.73 Å². The molecule has 0 aliphatic rings. The lowest BCUT2D eigenvalue weighted by Crippen LogP contribution is -1.99. The smallest absolute Gasteiger partial charge is 0.0174 e. The van der Waals surface area contributed by atoms with Crippen LogP contribution in [-0.4, -0.2) is 6.54 Å². The van der Waals surface area contributed by atoms with Crippen molar-refractivity contribution < 1.29 is 0 Å². The van der Waals surface area contributed by atoms with Gasteiger partial charge < -0.3 is 5.73 Å². The average Bonchev–Trinajstić information content (AvgIpc) is 1.72. The third-order valence-corrected chi connectivity index (χ3v) is 0.869. The summed E-state index contributed by atoms with van der Waals surface area (Å²) in [6, 6.07) is 0. The minimum absolute atomic E-state index is 0.597. The molecular weight excluding hydrogens is 86.1 g/mol. The van der Waals surface area contributed by atoms with Crippen LogP contribution in [0.1, 0.15) is 6.92 Å². The van der Waals surface area contributed by atoms with E-state index in [1.54, 1.807) is 6.08 Å². The first-order valence-electron chi connectivity index (χ1n) is 2.32. The number of allylic oxidation sites excluding steroid dienone is 1. The zero-order valence-electron chi connectivity index (χ0n) is 4.65. The summed E-state index contributed by atoms with van der Waals surface area (Å²) in [5.74, 6) is 0. The van der Waals surface area contributed by atoms with Crippen LogP contribution in [0.2, 0.25) is 0 Å². The molecule has 0 aliphatic carbocycles. The molecule has 0 aromatic heterocycles. The minimum atomic E-state index is 0.597. The molecule has 40 valence electrons. The Balaban J connectivity index is 3.60. The highest BCUT2D eigenvalue weighted by Gasteiger charge is 1.77. The molecule has 0 aromatic rings. The Hall–Kier alpha value is -0.560. The molecule has 0 heterocycles. The van der Waals surface area contributed by atoms with Crippen LogP contribution in [-0.2, 0) is 0 Å². The van der Waals surface area contributed by atoms with Crippen LogP contribution >= 0.6 is 0 Å². The number of hydrogen-bond acceptors (Lipinski definition) is 1. The molecule has 0 radical (unpaired) electrons. The highest BCUT2D eigenvalue weighted by atomic mass is 14.5. The molecule has 0 fully saturated rings. The van der Waals surface area contributed by atoms with Gasteiger partial charge in [0.1, 0.15) is 0 Å². The molecule has 0 saturated heterocycles. The first-order chi connectivity index (χ1) is 3.35. The molecule has 0 unspecified atom stereocenters. The second-order valence-corrected chi connectivity index (χ2v) is 1.27. The van der Waals surface area contributed by atoms with Crippen LogP contribution in [0.4, 0.5) is 0 Å². The van der Waals surface area contributed by atoms with Crippen molar-refractivity contribution in [2.45, 2.75) is 6.92 Å². The fourth-order valence-electron chi connectivity index (χ4n) is 0.319. The topological polar surface area (TPSA) is 26.0 Å². The predicted octanol–water partition coefficient (Wildman–Crippen LogP) is 1.08. The predicted molar refractivity (Wildman–Crippen MR) is 33.0 cm³/mol. The maximum Gasteiger partial charge on any atom is 0.0174 e. The summed E-state index contributed by atoms with van der Waals surface area (Å²) in [5.41, 5.74) is 6.35. The zero-order valence-corrected chi connectivity index (χ0v) is 4.65. The van der Waals surface area contributed by atoms with Crippen molar-refractivity contribution in [2.24, 2.45) is 5.73 Å².